The van der Waals surface area contributed by atoms with Crippen LogP contribution in [0.15, 0.2) is 48.5 Å². The van der Waals surface area contributed by atoms with Crippen molar-refractivity contribution in [1.29, 1.82) is 0 Å². The molecule has 0 saturated heterocycles. The zero-order valence-corrected chi connectivity index (χ0v) is 12.9. The largest absolute Gasteiger partial charge is 0.415 e. The first-order valence-corrected chi connectivity index (χ1v) is 7.63. The van der Waals surface area contributed by atoms with Crippen LogP contribution in [0.1, 0.15) is 31.7 Å². The maximum Gasteiger partial charge on any atom is 0.409 e. The Morgan fingerprint density at radius 2 is 1.52 bits per heavy atom. The third kappa shape index (κ3) is 4.91. The van der Waals surface area contributed by atoms with E-state index in [-0.39, 0.29) is 0 Å². The number of unbranched alkanes of at least 4 members (excludes halogenated alkanes) is 2. The second kappa shape index (κ2) is 7.84. The van der Waals surface area contributed by atoms with Gasteiger partial charge in [0.25, 0.3) is 0 Å². The lowest BCUT2D eigenvalue weighted by atomic mass is 10.0. The molecule has 0 bridgehead atoms. The van der Waals surface area contributed by atoms with Crippen LogP contribution in [0.5, 0.6) is 5.75 Å². The van der Waals surface area contributed by atoms with Crippen LogP contribution in [0, 0.1) is 0 Å². The van der Waals surface area contributed by atoms with Crippen LogP contribution in [-0.2, 0) is 6.42 Å². The SMILES string of the molecule is CCCCCc1ccc(-c2ccc(OC(=O)Cl)cc2)cc1. The number of halogens is 1. The number of carbonyl (C=O) groups excluding carboxylic acids is 1. The summed E-state index contributed by atoms with van der Waals surface area (Å²) >= 11 is 5.18. The lowest BCUT2D eigenvalue weighted by molar-refractivity contribution is 0.225. The number of aryl methyl sites for hydroxylation is 1. The van der Waals surface area contributed by atoms with Gasteiger partial charge in [0.05, 0.1) is 0 Å². The van der Waals surface area contributed by atoms with E-state index in [0.717, 1.165) is 17.5 Å². The highest BCUT2D eigenvalue weighted by molar-refractivity contribution is 6.61. The van der Waals surface area contributed by atoms with Crippen LogP contribution in [0.2, 0.25) is 0 Å². The predicted octanol–water partition coefficient (Wildman–Crippen LogP) is 5.82. The van der Waals surface area contributed by atoms with Crippen molar-refractivity contribution in [3.8, 4) is 16.9 Å². The minimum Gasteiger partial charge on any atom is -0.415 e. The zero-order valence-electron chi connectivity index (χ0n) is 12.1. The molecule has 2 aromatic carbocycles. The Bertz CT molecular complexity index is 573. The summed E-state index contributed by atoms with van der Waals surface area (Å²) < 4.78 is 4.81. The van der Waals surface area contributed by atoms with E-state index in [2.05, 4.69) is 31.2 Å². The molecule has 3 heteroatoms. The minimum atomic E-state index is -0.820. The van der Waals surface area contributed by atoms with E-state index in [1.165, 1.54) is 24.8 Å². The molecule has 0 aliphatic rings. The van der Waals surface area contributed by atoms with Crippen molar-refractivity contribution >= 4 is 17.0 Å². The molecule has 0 saturated carbocycles. The van der Waals surface area contributed by atoms with Gasteiger partial charge in [-0.3, -0.25) is 0 Å². The van der Waals surface area contributed by atoms with E-state index < -0.39 is 5.43 Å². The summed E-state index contributed by atoms with van der Waals surface area (Å²) in [5.41, 5.74) is 2.79. The molecule has 2 rings (SSSR count). The van der Waals surface area contributed by atoms with Gasteiger partial charge in [-0.05, 0) is 41.7 Å². The first-order chi connectivity index (χ1) is 10.2. The molecule has 0 amide bonds. The van der Waals surface area contributed by atoms with E-state index in [9.17, 15) is 4.79 Å². The number of hydrogen-bond donors (Lipinski definition) is 0. The first kappa shape index (κ1) is 15.6. The van der Waals surface area contributed by atoms with Gasteiger partial charge in [0, 0.05) is 11.6 Å². The Labute approximate surface area is 130 Å². The maximum absolute atomic E-state index is 10.7. The molecule has 0 aromatic heterocycles. The standard InChI is InChI=1S/C18H19ClO2/c1-2-3-4-5-14-6-8-15(9-7-14)16-10-12-17(13-11-16)21-18(19)20/h6-13H,2-5H2,1H3. The highest BCUT2D eigenvalue weighted by Gasteiger charge is 2.02. The molecule has 0 N–H and O–H groups in total. The van der Waals surface area contributed by atoms with Crippen molar-refractivity contribution in [2.75, 3.05) is 0 Å². The summed E-state index contributed by atoms with van der Waals surface area (Å²) in [7, 11) is 0. The predicted molar refractivity (Wildman–Crippen MR) is 87.0 cm³/mol. The van der Waals surface area contributed by atoms with Crippen LogP contribution in [-0.4, -0.2) is 5.43 Å². The minimum absolute atomic E-state index is 0.454. The van der Waals surface area contributed by atoms with Gasteiger partial charge in [0.2, 0.25) is 0 Å². The highest BCUT2D eigenvalue weighted by Crippen LogP contribution is 2.23. The Kier molecular flexibility index (Phi) is 5.82. The molecule has 0 aliphatic carbocycles. The van der Waals surface area contributed by atoms with Gasteiger partial charge in [0.1, 0.15) is 5.75 Å². The zero-order chi connectivity index (χ0) is 15.1. The quantitative estimate of drug-likeness (QED) is 0.496. The molecule has 2 aromatic rings. The van der Waals surface area contributed by atoms with E-state index in [1.54, 1.807) is 12.1 Å². The lowest BCUT2D eigenvalue weighted by Gasteiger charge is -2.06. The molecular weight excluding hydrogens is 284 g/mol. The van der Waals surface area contributed by atoms with Crippen molar-refractivity contribution in [1.82, 2.24) is 0 Å². The first-order valence-electron chi connectivity index (χ1n) is 7.25. The van der Waals surface area contributed by atoms with Gasteiger partial charge < -0.3 is 4.74 Å². The molecule has 0 atom stereocenters. The van der Waals surface area contributed by atoms with Crippen LogP contribution in [0.4, 0.5) is 4.79 Å². The second-order valence-corrected chi connectivity index (χ2v) is 5.33. The summed E-state index contributed by atoms with van der Waals surface area (Å²) in [5, 5.41) is 0. The van der Waals surface area contributed by atoms with E-state index in [4.69, 9.17) is 16.3 Å². The topological polar surface area (TPSA) is 26.3 Å². The third-order valence-electron chi connectivity index (χ3n) is 3.41. The molecule has 0 radical (unpaired) electrons. The molecular formula is C18H19ClO2. The summed E-state index contributed by atoms with van der Waals surface area (Å²) in [4.78, 5) is 10.7. The molecule has 110 valence electrons. The number of carbonyl (C=O) groups is 1. The van der Waals surface area contributed by atoms with Gasteiger partial charge >= 0.3 is 5.43 Å². The molecule has 0 aliphatic heterocycles. The monoisotopic (exact) mass is 302 g/mol. The summed E-state index contributed by atoms with van der Waals surface area (Å²) in [6.45, 7) is 2.22. The average molecular weight is 303 g/mol. The average Bonchev–Trinajstić information content (AvgIpc) is 2.49. The Morgan fingerprint density at radius 3 is 2.05 bits per heavy atom. The number of hydrogen-bond acceptors (Lipinski definition) is 2. The molecule has 0 heterocycles. The maximum atomic E-state index is 10.7. The van der Waals surface area contributed by atoms with Crippen LogP contribution < -0.4 is 4.74 Å². The number of benzene rings is 2. The van der Waals surface area contributed by atoms with Gasteiger partial charge in [-0.1, -0.05) is 56.2 Å². The fourth-order valence-corrected chi connectivity index (χ4v) is 2.34. The van der Waals surface area contributed by atoms with Gasteiger partial charge in [-0.15, -0.1) is 0 Å². The van der Waals surface area contributed by atoms with Crippen LogP contribution in [0.3, 0.4) is 0 Å². The van der Waals surface area contributed by atoms with Crippen molar-refractivity contribution in [2.45, 2.75) is 32.6 Å². The summed E-state index contributed by atoms with van der Waals surface area (Å²) in [6, 6.07) is 15.9. The fourth-order valence-electron chi connectivity index (χ4n) is 2.25. The number of ether oxygens (including phenoxy) is 1. The molecule has 21 heavy (non-hydrogen) atoms. The van der Waals surface area contributed by atoms with Crippen LogP contribution >= 0.6 is 11.6 Å². The molecule has 0 spiro atoms. The van der Waals surface area contributed by atoms with E-state index in [0.29, 0.717) is 5.75 Å². The highest BCUT2D eigenvalue weighted by atomic mass is 35.5. The molecule has 2 nitrogen and oxygen atoms in total. The van der Waals surface area contributed by atoms with E-state index >= 15 is 0 Å². The normalized spacial score (nSPS) is 10.4. The van der Waals surface area contributed by atoms with Gasteiger partial charge in [-0.2, -0.15) is 0 Å². The van der Waals surface area contributed by atoms with E-state index in [1.807, 2.05) is 12.1 Å². The van der Waals surface area contributed by atoms with Crippen molar-refractivity contribution in [2.24, 2.45) is 0 Å². The van der Waals surface area contributed by atoms with Crippen LogP contribution in [0.25, 0.3) is 11.1 Å². The summed E-state index contributed by atoms with van der Waals surface area (Å²) in [6.07, 6.45) is 4.91. The second-order valence-electron chi connectivity index (χ2n) is 5.02. The Morgan fingerprint density at radius 1 is 0.952 bits per heavy atom. The lowest BCUT2D eigenvalue weighted by Crippen LogP contribution is -1.95. The Balaban J connectivity index is 2.02. The fraction of sp³-hybridized carbons (Fsp3) is 0.278. The molecule has 0 unspecified atom stereocenters. The smallest absolute Gasteiger partial charge is 0.409 e. The van der Waals surface area contributed by atoms with Gasteiger partial charge in [-0.25, -0.2) is 4.79 Å². The van der Waals surface area contributed by atoms with Gasteiger partial charge in [0.15, 0.2) is 0 Å². The van der Waals surface area contributed by atoms with Crippen molar-refractivity contribution < 1.29 is 9.53 Å². The van der Waals surface area contributed by atoms with Crippen molar-refractivity contribution in [3.63, 3.8) is 0 Å². The molecule has 0 fully saturated rings. The number of rotatable bonds is 6. The van der Waals surface area contributed by atoms with Crippen molar-refractivity contribution in [3.05, 3.63) is 54.1 Å². The summed E-state index contributed by atoms with van der Waals surface area (Å²) in [5.74, 6) is 0.454. The Hall–Kier alpha value is -1.80. The third-order valence-corrected chi connectivity index (χ3v) is 3.49.